The minimum Gasteiger partial charge on any atom is -0.369 e. The van der Waals surface area contributed by atoms with Gasteiger partial charge in [0.2, 0.25) is 5.28 Å². The van der Waals surface area contributed by atoms with Gasteiger partial charge in [-0.05, 0) is 18.5 Å². The molecule has 1 aromatic heterocycles. The molecule has 0 spiro atoms. The number of aromatic nitrogens is 2. The molecule has 16 heavy (non-hydrogen) atoms. The third-order valence-corrected chi connectivity index (χ3v) is 3.98. The highest BCUT2D eigenvalue weighted by atomic mass is 35.5. The summed E-state index contributed by atoms with van der Waals surface area (Å²) in [7, 11) is -2.95. The van der Waals surface area contributed by atoms with Crippen LogP contribution in [-0.2, 0) is 9.84 Å². The Balaban J connectivity index is 2.59. The monoisotopic (exact) mass is 263 g/mol. The van der Waals surface area contributed by atoms with Crippen molar-refractivity contribution >= 4 is 27.3 Å². The molecular formula is C9H14ClN3O2S. The van der Waals surface area contributed by atoms with Gasteiger partial charge in [0, 0.05) is 24.1 Å². The summed E-state index contributed by atoms with van der Waals surface area (Å²) in [5.41, 5.74) is 0.832. The van der Waals surface area contributed by atoms with Crippen molar-refractivity contribution in [3.05, 3.63) is 17.0 Å². The lowest BCUT2D eigenvalue weighted by Crippen LogP contribution is -2.18. The van der Waals surface area contributed by atoms with Gasteiger partial charge in [0.05, 0.1) is 5.75 Å². The molecule has 0 saturated heterocycles. The maximum Gasteiger partial charge on any atom is 0.224 e. The third kappa shape index (κ3) is 3.94. The van der Waals surface area contributed by atoms with E-state index in [9.17, 15) is 8.42 Å². The summed E-state index contributed by atoms with van der Waals surface area (Å²) < 4.78 is 22.5. The number of halogens is 1. The van der Waals surface area contributed by atoms with E-state index in [1.165, 1.54) is 0 Å². The van der Waals surface area contributed by atoms with Crippen molar-refractivity contribution in [2.24, 2.45) is 0 Å². The number of hydrogen-bond donors (Lipinski definition) is 1. The fraction of sp³-hybridized carbons (Fsp3) is 0.556. The van der Waals surface area contributed by atoms with Crippen molar-refractivity contribution in [3.63, 3.8) is 0 Å². The van der Waals surface area contributed by atoms with Gasteiger partial charge in [-0.25, -0.2) is 18.4 Å². The molecule has 0 aromatic carbocycles. The molecule has 0 bridgehead atoms. The standard InChI is InChI=1S/C9H14ClN3O2S/c1-3-16(14,15)5-4-11-8-7(2)6-12-9(10)13-8/h6H,3-5H2,1-2H3,(H,11,12,13). The van der Waals surface area contributed by atoms with E-state index in [-0.39, 0.29) is 16.8 Å². The van der Waals surface area contributed by atoms with Crippen LogP contribution in [0.15, 0.2) is 6.20 Å². The second-order valence-electron chi connectivity index (χ2n) is 3.33. The number of nitrogens with zero attached hydrogens (tertiary/aromatic N) is 2. The van der Waals surface area contributed by atoms with Crippen molar-refractivity contribution in [1.29, 1.82) is 0 Å². The number of nitrogens with one attached hydrogen (secondary N) is 1. The van der Waals surface area contributed by atoms with Gasteiger partial charge in [-0.3, -0.25) is 0 Å². The highest BCUT2D eigenvalue weighted by Gasteiger charge is 2.07. The van der Waals surface area contributed by atoms with Crippen LogP contribution in [0, 0.1) is 6.92 Å². The molecule has 1 aromatic rings. The van der Waals surface area contributed by atoms with Crippen molar-refractivity contribution in [2.45, 2.75) is 13.8 Å². The Morgan fingerprint density at radius 3 is 2.81 bits per heavy atom. The molecule has 0 fully saturated rings. The van der Waals surface area contributed by atoms with Crippen LogP contribution >= 0.6 is 11.6 Å². The number of hydrogen-bond acceptors (Lipinski definition) is 5. The van der Waals surface area contributed by atoms with Gasteiger partial charge in [0.1, 0.15) is 5.82 Å². The minimum absolute atomic E-state index is 0.0879. The van der Waals surface area contributed by atoms with Crippen LogP contribution < -0.4 is 5.32 Å². The first kappa shape index (κ1) is 13.2. The van der Waals surface area contributed by atoms with E-state index >= 15 is 0 Å². The molecule has 1 heterocycles. The third-order valence-electron chi connectivity index (χ3n) is 2.09. The molecule has 0 unspecified atom stereocenters. The molecule has 7 heteroatoms. The summed E-state index contributed by atoms with van der Waals surface area (Å²) in [5, 5.41) is 3.07. The second-order valence-corrected chi connectivity index (χ2v) is 6.14. The lowest BCUT2D eigenvalue weighted by atomic mass is 10.3. The molecule has 0 atom stereocenters. The Hall–Kier alpha value is -0.880. The molecule has 5 nitrogen and oxygen atoms in total. The second kappa shape index (κ2) is 5.45. The van der Waals surface area contributed by atoms with Crippen molar-refractivity contribution in [2.75, 3.05) is 23.4 Å². The lowest BCUT2D eigenvalue weighted by Gasteiger charge is -2.07. The zero-order valence-electron chi connectivity index (χ0n) is 9.20. The average molecular weight is 264 g/mol. The smallest absolute Gasteiger partial charge is 0.224 e. The lowest BCUT2D eigenvalue weighted by molar-refractivity contribution is 0.597. The highest BCUT2D eigenvalue weighted by Crippen LogP contribution is 2.12. The minimum atomic E-state index is -2.95. The quantitative estimate of drug-likeness (QED) is 0.811. The Kier molecular flexibility index (Phi) is 4.49. The van der Waals surface area contributed by atoms with E-state index in [0.717, 1.165) is 5.56 Å². The van der Waals surface area contributed by atoms with Gasteiger partial charge in [0.15, 0.2) is 9.84 Å². The van der Waals surface area contributed by atoms with E-state index in [2.05, 4.69) is 15.3 Å². The summed E-state index contributed by atoms with van der Waals surface area (Å²) in [6.45, 7) is 3.78. The van der Waals surface area contributed by atoms with Crippen molar-refractivity contribution in [3.8, 4) is 0 Å². The summed E-state index contributed by atoms with van der Waals surface area (Å²) in [4.78, 5) is 7.77. The predicted octanol–water partition coefficient (Wildman–Crippen LogP) is 1.29. The Bertz CT molecular complexity index is 462. The first-order chi connectivity index (χ1) is 7.44. The van der Waals surface area contributed by atoms with Crippen molar-refractivity contribution < 1.29 is 8.42 Å². The van der Waals surface area contributed by atoms with Crippen LogP contribution in [0.2, 0.25) is 5.28 Å². The fourth-order valence-corrected chi connectivity index (χ4v) is 1.90. The van der Waals surface area contributed by atoms with Crippen LogP contribution in [0.4, 0.5) is 5.82 Å². The number of anilines is 1. The summed E-state index contributed by atoms with van der Waals surface area (Å²) in [6, 6.07) is 0. The summed E-state index contributed by atoms with van der Waals surface area (Å²) >= 11 is 5.63. The normalized spacial score (nSPS) is 11.4. The topological polar surface area (TPSA) is 72.0 Å². The van der Waals surface area contributed by atoms with Gasteiger partial charge >= 0.3 is 0 Å². The molecule has 0 aliphatic heterocycles. The molecule has 0 amide bonds. The highest BCUT2D eigenvalue weighted by molar-refractivity contribution is 7.91. The van der Waals surface area contributed by atoms with E-state index in [4.69, 9.17) is 11.6 Å². The molecule has 1 rings (SSSR count). The van der Waals surface area contributed by atoms with E-state index in [1.807, 2.05) is 6.92 Å². The molecule has 0 aliphatic carbocycles. The Morgan fingerprint density at radius 2 is 2.19 bits per heavy atom. The molecule has 90 valence electrons. The Morgan fingerprint density at radius 1 is 1.50 bits per heavy atom. The van der Waals surface area contributed by atoms with E-state index < -0.39 is 9.84 Å². The maximum absolute atomic E-state index is 11.2. The van der Waals surface area contributed by atoms with Crippen LogP contribution in [0.3, 0.4) is 0 Å². The van der Waals surface area contributed by atoms with Gasteiger partial charge in [-0.2, -0.15) is 0 Å². The van der Waals surface area contributed by atoms with Crippen LogP contribution in [0.25, 0.3) is 0 Å². The predicted molar refractivity (Wildman–Crippen MR) is 64.6 cm³/mol. The molecule has 0 radical (unpaired) electrons. The Labute approximate surface area is 100 Å². The zero-order valence-corrected chi connectivity index (χ0v) is 10.8. The average Bonchev–Trinajstić information content (AvgIpc) is 2.23. The van der Waals surface area contributed by atoms with Crippen LogP contribution in [0.5, 0.6) is 0 Å². The maximum atomic E-state index is 11.2. The van der Waals surface area contributed by atoms with Crippen molar-refractivity contribution in [1.82, 2.24) is 9.97 Å². The number of aryl methyl sites for hydroxylation is 1. The van der Waals surface area contributed by atoms with Gasteiger partial charge < -0.3 is 5.32 Å². The summed E-state index contributed by atoms with van der Waals surface area (Å²) in [6.07, 6.45) is 1.59. The summed E-state index contributed by atoms with van der Waals surface area (Å²) in [5.74, 6) is 0.814. The number of sulfone groups is 1. The fourth-order valence-electron chi connectivity index (χ4n) is 1.07. The zero-order chi connectivity index (χ0) is 12.2. The van der Waals surface area contributed by atoms with Gasteiger partial charge in [-0.15, -0.1) is 0 Å². The van der Waals surface area contributed by atoms with Crippen LogP contribution in [-0.4, -0.2) is 36.4 Å². The van der Waals surface area contributed by atoms with Gasteiger partial charge in [0.25, 0.3) is 0 Å². The largest absolute Gasteiger partial charge is 0.369 e. The molecule has 1 N–H and O–H groups in total. The van der Waals surface area contributed by atoms with E-state index in [1.54, 1.807) is 13.1 Å². The van der Waals surface area contributed by atoms with E-state index in [0.29, 0.717) is 12.4 Å². The first-order valence-corrected chi connectivity index (χ1v) is 7.08. The molecular weight excluding hydrogens is 250 g/mol. The molecule has 0 saturated carbocycles. The number of rotatable bonds is 5. The van der Waals surface area contributed by atoms with Gasteiger partial charge in [-0.1, -0.05) is 6.92 Å². The SMILES string of the molecule is CCS(=O)(=O)CCNc1nc(Cl)ncc1C. The van der Waals surface area contributed by atoms with Crippen LogP contribution in [0.1, 0.15) is 12.5 Å². The molecule has 0 aliphatic rings. The first-order valence-electron chi connectivity index (χ1n) is 4.88.